The van der Waals surface area contributed by atoms with Gasteiger partial charge in [-0.25, -0.2) is 23.4 Å². The first-order valence-corrected chi connectivity index (χ1v) is 18.1. The normalized spacial score (nSPS) is 16.4. The Labute approximate surface area is 301 Å². The van der Waals surface area contributed by atoms with E-state index in [-0.39, 0.29) is 29.5 Å². The van der Waals surface area contributed by atoms with E-state index in [1.165, 1.54) is 34.4 Å². The Bertz CT molecular complexity index is 2260. The van der Waals surface area contributed by atoms with Crippen molar-refractivity contribution in [3.8, 4) is 0 Å². The van der Waals surface area contributed by atoms with Crippen LogP contribution in [0.25, 0.3) is 22.1 Å². The van der Waals surface area contributed by atoms with Crippen molar-refractivity contribution < 1.29 is 13.5 Å². The molecule has 270 valence electrons. The number of H-pyrrole nitrogens is 1. The van der Waals surface area contributed by atoms with Crippen LogP contribution >= 0.6 is 0 Å². The molecular formula is C39H44F2N10O. The van der Waals surface area contributed by atoms with Gasteiger partial charge in [0.2, 0.25) is 0 Å². The molecule has 0 radical (unpaired) electrons. The van der Waals surface area contributed by atoms with E-state index in [0.29, 0.717) is 40.3 Å². The van der Waals surface area contributed by atoms with Crippen LogP contribution in [0, 0.1) is 11.6 Å². The first-order chi connectivity index (χ1) is 25.2. The van der Waals surface area contributed by atoms with Gasteiger partial charge in [-0.1, -0.05) is 24.3 Å². The Morgan fingerprint density at radius 2 is 1.37 bits per heavy atom. The maximum Gasteiger partial charge on any atom is 0.169 e. The number of aromatic amines is 1. The van der Waals surface area contributed by atoms with E-state index in [0.717, 1.165) is 69.2 Å². The van der Waals surface area contributed by atoms with Crippen LogP contribution in [0.3, 0.4) is 0 Å². The fourth-order valence-electron chi connectivity index (χ4n) is 7.63. The molecule has 11 nitrogen and oxygen atoms in total. The highest BCUT2D eigenvalue weighted by molar-refractivity contribution is 5.90. The van der Waals surface area contributed by atoms with Crippen LogP contribution in [-0.2, 0) is 30.4 Å². The molecule has 9 rings (SSSR count). The number of aryl methyl sites for hydroxylation is 2. The van der Waals surface area contributed by atoms with Gasteiger partial charge in [-0.2, -0.15) is 10.2 Å². The molecule has 2 aromatic carbocycles. The highest BCUT2D eigenvalue weighted by Crippen LogP contribution is 2.36. The van der Waals surface area contributed by atoms with Crippen molar-refractivity contribution in [3.63, 3.8) is 0 Å². The Kier molecular flexibility index (Phi) is 9.12. The first kappa shape index (κ1) is 33.8. The van der Waals surface area contributed by atoms with Gasteiger partial charge in [-0.3, -0.25) is 5.10 Å². The molecule has 2 aliphatic carbocycles. The van der Waals surface area contributed by atoms with Gasteiger partial charge in [0.1, 0.15) is 0 Å². The zero-order valence-corrected chi connectivity index (χ0v) is 30.1. The van der Waals surface area contributed by atoms with E-state index < -0.39 is 0 Å². The van der Waals surface area contributed by atoms with Crippen LogP contribution in [0.15, 0.2) is 48.5 Å². The van der Waals surface area contributed by atoms with Gasteiger partial charge in [0.05, 0.1) is 10.8 Å². The lowest BCUT2D eigenvalue weighted by Crippen LogP contribution is -2.20. The summed E-state index contributed by atoms with van der Waals surface area (Å²) in [5.74, 6) is 1.09. The number of nitrogens with one attached hydrogen (secondary N) is 3. The van der Waals surface area contributed by atoms with Crippen molar-refractivity contribution in [1.82, 2.24) is 29.9 Å². The molecule has 1 fully saturated rings. The number of ether oxygens (including phenoxy) is 1. The number of hydrogen-bond donors (Lipinski definition) is 3. The minimum atomic E-state index is -0.377. The lowest BCUT2D eigenvalue weighted by atomic mass is 10.1. The van der Waals surface area contributed by atoms with E-state index in [2.05, 4.69) is 42.9 Å². The summed E-state index contributed by atoms with van der Waals surface area (Å²) < 4.78 is 37.3. The summed E-state index contributed by atoms with van der Waals surface area (Å²) in [7, 11) is 7.55. The van der Waals surface area contributed by atoms with Crippen molar-refractivity contribution in [2.45, 2.75) is 64.0 Å². The molecule has 13 heteroatoms. The highest BCUT2D eigenvalue weighted by atomic mass is 19.1. The van der Waals surface area contributed by atoms with Crippen molar-refractivity contribution in [2.75, 3.05) is 55.2 Å². The molecule has 0 bridgehead atoms. The molecule has 5 heterocycles. The van der Waals surface area contributed by atoms with Crippen LogP contribution in [0.2, 0.25) is 0 Å². The number of rotatable bonds is 7. The van der Waals surface area contributed by atoms with Crippen LogP contribution in [0.5, 0.6) is 0 Å². The Morgan fingerprint density at radius 1 is 0.750 bits per heavy atom. The molecule has 0 spiro atoms. The molecule has 4 aromatic heterocycles. The highest BCUT2D eigenvalue weighted by Gasteiger charge is 2.25. The molecule has 3 N–H and O–H groups in total. The zero-order chi connectivity index (χ0) is 35.9. The molecule has 52 heavy (non-hydrogen) atoms. The predicted octanol–water partition coefficient (Wildman–Crippen LogP) is 7.96. The zero-order valence-electron chi connectivity index (χ0n) is 30.1. The summed E-state index contributed by atoms with van der Waals surface area (Å²) in [6.45, 7) is 0.714. The second-order valence-corrected chi connectivity index (χ2v) is 14.2. The number of nitrogens with zero attached hydrogens (tertiary/aromatic N) is 7. The number of benzene rings is 2. The van der Waals surface area contributed by atoms with Crippen molar-refractivity contribution in [1.29, 1.82) is 0 Å². The van der Waals surface area contributed by atoms with Crippen molar-refractivity contribution in [2.24, 2.45) is 0 Å². The molecule has 1 saturated heterocycles. The van der Waals surface area contributed by atoms with Gasteiger partial charge >= 0.3 is 0 Å². The molecule has 6 aromatic rings. The van der Waals surface area contributed by atoms with E-state index in [1.54, 1.807) is 0 Å². The van der Waals surface area contributed by atoms with E-state index in [1.807, 2.05) is 66.9 Å². The smallest absolute Gasteiger partial charge is 0.169 e. The molecule has 1 aliphatic heterocycles. The third kappa shape index (κ3) is 6.38. The molecule has 1 atom stereocenters. The third-order valence-corrected chi connectivity index (χ3v) is 10.2. The van der Waals surface area contributed by atoms with Crippen LogP contribution < -0.4 is 20.4 Å². The van der Waals surface area contributed by atoms with Crippen LogP contribution in [0.1, 0.15) is 60.6 Å². The predicted molar refractivity (Wildman–Crippen MR) is 202 cm³/mol. The van der Waals surface area contributed by atoms with E-state index in [9.17, 15) is 4.39 Å². The van der Waals surface area contributed by atoms with Gasteiger partial charge in [0, 0.05) is 46.2 Å². The minimum Gasteiger partial charge on any atom is -0.361 e. The average molecular weight is 707 g/mol. The van der Waals surface area contributed by atoms with Gasteiger partial charge in [-0.15, -0.1) is 0 Å². The summed E-state index contributed by atoms with van der Waals surface area (Å²) >= 11 is 0. The van der Waals surface area contributed by atoms with E-state index in [4.69, 9.17) is 9.84 Å². The summed E-state index contributed by atoms with van der Waals surface area (Å²) in [4.78, 5) is 12.8. The number of anilines is 6. The summed E-state index contributed by atoms with van der Waals surface area (Å²) in [6, 6.07) is 15.3. The first-order valence-electron chi connectivity index (χ1n) is 18.1. The number of aromatic nitrogens is 6. The van der Waals surface area contributed by atoms with E-state index >= 15 is 4.39 Å². The Hall–Kier alpha value is -5.30. The fraction of sp³-hybridized carbons (Fsp3) is 0.385. The van der Waals surface area contributed by atoms with Gasteiger partial charge in [0.15, 0.2) is 52.4 Å². The van der Waals surface area contributed by atoms with Crippen molar-refractivity contribution in [3.05, 3.63) is 82.4 Å². The third-order valence-electron chi connectivity index (χ3n) is 10.2. The largest absolute Gasteiger partial charge is 0.361 e. The average Bonchev–Trinajstić information content (AvgIpc) is 3.95. The fourth-order valence-corrected chi connectivity index (χ4v) is 7.63. The molecule has 1 unspecified atom stereocenters. The topological polar surface area (TPSA) is 112 Å². The number of hydrogen-bond acceptors (Lipinski definition) is 9. The summed E-state index contributed by atoms with van der Waals surface area (Å²) in [5, 5.41) is 19.6. The van der Waals surface area contributed by atoms with Crippen molar-refractivity contribution >= 4 is 56.7 Å². The molecule has 3 aliphatic rings. The van der Waals surface area contributed by atoms with Gasteiger partial charge < -0.3 is 25.2 Å². The SMILES string of the molecule is CN(C)c1n[nH]c2nc(Nc3cccc4c3CCC4)c(F)cc12.CN(C)c1nn(C2CCCCO2)c2nc(Nc3cccc4c3CCC4)c(F)cc12. The van der Waals surface area contributed by atoms with Gasteiger partial charge in [0.25, 0.3) is 0 Å². The standard InChI is InChI=1S/C22H26FN5O.C17H18FN5/c1-27(2)22-16-13-17(23)20(24-18-10-6-8-14-7-5-9-15(14)18)25-21(16)28(26-22)19-11-3-4-12-29-19;1-23(2)17-12-9-13(18)16(20-15(12)21-22-17)19-14-8-4-6-10-5-3-7-11(10)14/h6,8,10,13,19H,3-5,7,9,11-12H2,1-2H3,(H,24,25);4,6,8-9H,3,5,7H2,1-2H3,(H2,19,20,21,22). The monoisotopic (exact) mass is 706 g/mol. The quantitative estimate of drug-likeness (QED) is 0.152. The molecule has 0 saturated carbocycles. The minimum absolute atomic E-state index is 0.160. The maximum absolute atomic E-state index is 15.0. The Morgan fingerprint density at radius 3 is 1.96 bits per heavy atom. The lowest BCUT2D eigenvalue weighted by molar-refractivity contribution is -0.0368. The number of pyridine rings is 2. The maximum atomic E-state index is 15.0. The number of halogens is 2. The van der Waals surface area contributed by atoms with Gasteiger partial charge in [-0.05, 0) is 104 Å². The second-order valence-electron chi connectivity index (χ2n) is 14.2. The summed E-state index contributed by atoms with van der Waals surface area (Å²) in [6.07, 6.45) is 9.37. The second kappa shape index (κ2) is 14.0. The molecule has 0 amide bonds. The summed E-state index contributed by atoms with van der Waals surface area (Å²) in [5.41, 5.74) is 8.33. The van der Waals surface area contributed by atoms with Crippen LogP contribution in [-0.4, -0.2) is 64.7 Å². The number of fused-ring (bicyclic) bond motifs is 4. The molecular weight excluding hydrogens is 662 g/mol. The lowest BCUT2D eigenvalue weighted by Gasteiger charge is -2.23. The van der Waals surface area contributed by atoms with Crippen LogP contribution in [0.4, 0.5) is 43.4 Å². The Balaban J connectivity index is 0.000000153.